The van der Waals surface area contributed by atoms with Crippen LogP contribution in [-0.2, 0) is 6.42 Å². The van der Waals surface area contributed by atoms with Gasteiger partial charge >= 0.3 is 0 Å². The van der Waals surface area contributed by atoms with E-state index in [2.05, 4.69) is 0 Å². The Kier molecular flexibility index (Phi) is 2.51. The molecule has 0 atom stereocenters. The molecule has 0 unspecified atom stereocenters. The molecule has 1 aromatic carbocycles. The van der Waals surface area contributed by atoms with Gasteiger partial charge < -0.3 is 5.73 Å². The van der Waals surface area contributed by atoms with Gasteiger partial charge in [-0.2, -0.15) is 5.26 Å². The van der Waals surface area contributed by atoms with Crippen LogP contribution in [0.15, 0.2) is 12.1 Å². The van der Waals surface area contributed by atoms with E-state index in [1.807, 2.05) is 6.07 Å². The summed E-state index contributed by atoms with van der Waals surface area (Å²) in [5.74, 6) is -0.537. The number of nitriles is 1. The minimum absolute atomic E-state index is 0.0302. The van der Waals surface area contributed by atoms with Gasteiger partial charge in [0.05, 0.1) is 18.2 Å². The third kappa shape index (κ3) is 1.49. The Balaban J connectivity index is 3.25. The summed E-state index contributed by atoms with van der Waals surface area (Å²) in [6.07, 6.45) is 0.0302. The molecule has 0 aliphatic rings. The predicted octanol–water partition coefficient (Wildman–Crippen LogP) is 2.13. The first-order chi connectivity index (χ1) is 5.66. The Labute approximate surface area is 74.4 Å². The second-order valence-electron chi connectivity index (χ2n) is 2.26. The van der Waals surface area contributed by atoms with Crippen LogP contribution in [0.4, 0.5) is 10.1 Å². The van der Waals surface area contributed by atoms with E-state index in [-0.39, 0.29) is 12.1 Å². The fraction of sp³-hybridized carbons (Fsp3) is 0.125. The molecule has 0 aliphatic heterocycles. The molecule has 0 spiro atoms. The van der Waals surface area contributed by atoms with Crippen LogP contribution in [0.25, 0.3) is 0 Å². The van der Waals surface area contributed by atoms with Crippen LogP contribution in [-0.4, -0.2) is 0 Å². The topological polar surface area (TPSA) is 49.8 Å². The van der Waals surface area contributed by atoms with E-state index < -0.39 is 5.82 Å². The Morgan fingerprint density at radius 2 is 2.25 bits per heavy atom. The van der Waals surface area contributed by atoms with Crippen LogP contribution in [0, 0.1) is 17.1 Å². The lowest BCUT2D eigenvalue weighted by Gasteiger charge is -2.04. The van der Waals surface area contributed by atoms with Crippen molar-refractivity contribution >= 4 is 17.3 Å². The van der Waals surface area contributed by atoms with Crippen molar-refractivity contribution in [3.8, 4) is 6.07 Å². The van der Waals surface area contributed by atoms with Crippen LogP contribution >= 0.6 is 11.6 Å². The Hall–Kier alpha value is -1.27. The summed E-state index contributed by atoms with van der Waals surface area (Å²) in [5.41, 5.74) is 5.68. The lowest BCUT2D eigenvalue weighted by molar-refractivity contribution is 0.631. The molecule has 0 aliphatic carbocycles. The SMILES string of the molecule is N#CCc1c(Cl)ccc(F)c1N. The normalized spacial score (nSPS) is 9.42. The van der Waals surface area contributed by atoms with Gasteiger partial charge in [0.15, 0.2) is 0 Å². The lowest BCUT2D eigenvalue weighted by Crippen LogP contribution is -1.97. The standard InChI is InChI=1S/C8H6ClFN2/c9-6-1-2-7(10)8(12)5(6)3-4-11/h1-2H,3,12H2. The average molecular weight is 185 g/mol. The second kappa shape index (κ2) is 3.42. The fourth-order valence-corrected chi connectivity index (χ4v) is 1.10. The minimum Gasteiger partial charge on any atom is -0.396 e. The van der Waals surface area contributed by atoms with Crippen molar-refractivity contribution < 1.29 is 4.39 Å². The monoisotopic (exact) mass is 184 g/mol. The summed E-state index contributed by atoms with van der Waals surface area (Å²) in [4.78, 5) is 0. The average Bonchev–Trinajstić information content (AvgIpc) is 2.06. The van der Waals surface area contributed by atoms with Gasteiger partial charge in [0, 0.05) is 10.6 Å². The third-order valence-electron chi connectivity index (χ3n) is 1.50. The van der Waals surface area contributed by atoms with Crippen molar-refractivity contribution in [2.75, 3.05) is 5.73 Å². The molecule has 1 rings (SSSR count). The molecule has 4 heteroatoms. The van der Waals surface area contributed by atoms with E-state index in [4.69, 9.17) is 22.6 Å². The molecule has 0 heterocycles. The molecule has 0 fully saturated rings. The summed E-state index contributed by atoms with van der Waals surface area (Å²) in [5, 5.41) is 8.70. The maximum absolute atomic E-state index is 12.8. The number of anilines is 1. The summed E-state index contributed by atoms with van der Waals surface area (Å²) in [6.45, 7) is 0. The van der Waals surface area contributed by atoms with E-state index in [1.54, 1.807) is 0 Å². The molecule has 2 N–H and O–H groups in total. The first-order valence-corrected chi connectivity index (χ1v) is 3.64. The van der Waals surface area contributed by atoms with Crippen LogP contribution in [0.5, 0.6) is 0 Å². The van der Waals surface area contributed by atoms with Gasteiger partial charge in [-0.1, -0.05) is 11.6 Å². The van der Waals surface area contributed by atoms with Gasteiger partial charge in [0.1, 0.15) is 5.82 Å². The second-order valence-corrected chi connectivity index (χ2v) is 2.66. The lowest BCUT2D eigenvalue weighted by atomic mass is 10.1. The van der Waals surface area contributed by atoms with Gasteiger partial charge in [0.2, 0.25) is 0 Å². The number of nitrogen functional groups attached to an aromatic ring is 1. The number of nitrogens with zero attached hydrogens (tertiary/aromatic N) is 1. The highest BCUT2D eigenvalue weighted by Gasteiger charge is 2.08. The van der Waals surface area contributed by atoms with Gasteiger partial charge in [-0.05, 0) is 12.1 Å². The predicted molar refractivity (Wildman–Crippen MR) is 45.1 cm³/mol. The van der Waals surface area contributed by atoms with E-state index in [0.717, 1.165) is 0 Å². The molecular formula is C8H6ClFN2. The molecule has 62 valence electrons. The van der Waals surface area contributed by atoms with E-state index in [9.17, 15) is 4.39 Å². The Morgan fingerprint density at radius 1 is 1.58 bits per heavy atom. The summed E-state index contributed by atoms with van der Waals surface area (Å²) in [6, 6.07) is 4.43. The third-order valence-corrected chi connectivity index (χ3v) is 1.86. The summed E-state index contributed by atoms with van der Waals surface area (Å²) >= 11 is 5.68. The maximum atomic E-state index is 12.8. The van der Waals surface area contributed by atoms with Crippen LogP contribution < -0.4 is 5.73 Å². The molecule has 0 saturated heterocycles. The van der Waals surface area contributed by atoms with E-state index >= 15 is 0 Å². The molecular weight excluding hydrogens is 179 g/mol. The Morgan fingerprint density at radius 3 is 2.83 bits per heavy atom. The van der Waals surface area contributed by atoms with Gasteiger partial charge in [-0.25, -0.2) is 4.39 Å². The Bertz CT molecular complexity index is 344. The molecule has 1 aromatic rings. The van der Waals surface area contributed by atoms with Gasteiger partial charge in [-0.3, -0.25) is 0 Å². The van der Waals surface area contributed by atoms with Crippen molar-refractivity contribution in [1.29, 1.82) is 5.26 Å². The number of benzene rings is 1. The summed E-state index contributed by atoms with van der Waals surface area (Å²) < 4.78 is 12.8. The zero-order valence-electron chi connectivity index (χ0n) is 6.14. The number of hydrogen-bond acceptors (Lipinski definition) is 2. The highest BCUT2D eigenvalue weighted by atomic mass is 35.5. The smallest absolute Gasteiger partial charge is 0.146 e. The zero-order chi connectivity index (χ0) is 9.14. The fourth-order valence-electron chi connectivity index (χ4n) is 0.868. The molecule has 0 saturated carbocycles. The van der Waals surface area contributed by atoms with Crippen LogP contribution in [0.2, 0.25) is 5.02 Å². The summed E-state index contributed by atoms with van der Waals surface area (Å²) in [7, 11) is 0. The van der Waals surface area contributed by atoms with Crippen LogP contribution in [0.1, 0.15) is 5.56 Å². The molecule has 0 bridgehead atoms. The van der Waals surface area contributed by atoms with Crippen LogP contribution in [0.3, 0.4) is 0 Å². The highest BCUT2D eigenvalue weighted by Crippen LogP contribution is 2.24. The van der Waals surface area contributed by atoms with Crippen molar-refractivity contribution in [2.24, 2.45) is 0 Å². The zero-order valence-corrected chi connectivity index (χ0v) is 6.90. The van der Waals surface area contributed by atoms with Crippen molar-refractivity contribution in [3.63, 3.8) is 0 Å². The number of halogens is 2. The first kappa shape index (κ1) is 8.82. The van der Waals surface area contributed by atoms with Gasteiger partial charge in [-0.15, -0.1) is 0 Å². The minimum atomic E-state index is -0.537. The van der Waals surface area contributed by atoms with Crippen molar-refractivity contribution in [2.45, 2.75) is 6.42 Å². The van der Waals surface area contributed by atoms with Crippen molar-refractivity contribution in [3.05, 3.63) is 28.5 Å². The largest absolute Gasteiger partial charge is 0.396 e. The molecule has 2 nitrogen and oxygen atoms in total. The quantitative estimate of drug-likeness (QED) is 0.680. The molecule has 0 radical (unpaired) electrons. The van der Waals surface area contributed by atoms with Crippen molar-refractivity contribution in [1.82, 2.24) is 0 Å². The van der Waals surface area contributed by atoms with Gasteiger partial charge in [0.25, 0.3) is 0 Å². The molecule has 0 amide bonds. The number of hydrogen-bond donors (Lipinski definition) is 1. The van der Waals surface area contributed by atoms with E-state index in [0.29, 0.717) is 10.6 Å². The molecule has 0 aromatic heterocycles. The number of nitrogens with two attached hydrogens (primary N) is 1. The number of rotatable bonds is 1. The van der Waals surface area contributed by atoms with E-state index in [1.165, 1.54) is 12.1 Å². The highest BCUT2D eigenvalue weighted by molar-refractivity contribution is 6.31. The maximum Gasteiger partial charge on any atom is 0.146 e. The first-order valence-electron chi connectivity index (χ1n) is 3.26. The molecule has 12 heavy (non-hydrogen) atoms.